The van der Waals surface area contributed by atoms with Crippen molar-refractivity contribution in [1.29, 1.82) is 5.26 Å². The van der Waals surface area contributed by atoms with E-state index in [1.165, 1.54) is 0 Å². The largest absolute Gasteiger partial charge is 0.380 e. The Bertz CT molecular complexity index is 732. The number of nitriles is 1. The Hall–Kier alpha value is -2.87. The van der Waals surface area contributed by atoms with Crippen LogP contribution < -0.4 is 11.1 Å². The predicted octanol–water partition coefficient (Wildman–Crippen LogP) is 2.28. The Morgan fingerprint density at radius 2 is 2.14 bits per heavy atom. The highest BCUT2D eigenvalue weighted by Crippen LogP contribution is 2.19. The van der Waals surface area contributed by atoms with Crippen LogP contribution in [-0.4, -0.2) is 10.9 Å². The van der Waals surface area contributed by atoms with Gasteiger partial charge < -0.3 is 11.1 Å². The van der Waals surface area contributed by atoms with E-state index in [-0.39, 0.29) is 0 Å². The van der Waals surface area contributed by atoms with Crippen LogP contribution in [0.5, 0.6) is 0 Å². The zero-order valence-corrected chi connectivity index (χ0v) is 12.0. The van der Waals surface area contributed by atoms with E-state index in [1.807, 2.05) is 26.0 Å². The van der Waals surface area contributed by atoms with Crippen LogP contribution in [0.2, 0.25) is 0 Å². The Morgan fingerprint density at radius 3 is 2.81 bits per heavy atom. The molecule has 2 aromatic rings. The predicted molar refractivity (Wildman–Crippen MR) is 80.7 cm³/mol. The highest BCUT2D eigenvalue weighted by Gasteiger charge is 2.08. The van der Waals surface area contributed by atoms with Gasteiger partial charge in [0.1, 0.15) is 6.07 Å². The second-order valence-electron chi connectivity index (χ2n) is 4.80. The van der Waals surface area contributed by atoms with Crippen LogP contribution in [0, 0.1) is 25.2 Å². The zero-order valence-electron chi connectivity index (χ0n) is 12.0. The van der Waals surface area contributed by atoms with Crippen molar-refractivity contribution in [3.63, 3.8) is 0 Å². The third kappa shape index (κ3) is 3.37. The van der Waals surface area contributed by atoms with E-state index in [2.05, 4.69) is 16.4 Å². The number of rotatable bonds is 4. The van der Waals surface area contributed by atoms with Crippen molar-refractivity contribution in [3.05, 3.63) is 58.4 Å². The van der Waals surface area contributed by atoms with Gasteiger partial charge in [-0.2, -0.15) is 5.26 Å². The number of hydrogen-bond donors (Lipinski definition) is 2. The monoisotopic (exact) mass is 280 g/mol. The molecule has 106 valence electrons. The molecule has 0 radical (unpaired) electrons. The van der Waals surface area contributed by atoms with Crippen LogP contribution in [0.4, 0.5) is 5.69 Å². The topological polar surface area (TPSA) is 91.8 Å². The fourth-order valence-corrected chi connectivity index (χ4v) is 2.14. The molecule has 1 heterocycles. The SMILES string of the molecule is Cc1cc(NCc2cccc(C(N)=O)c2)c(C#N)c(C)n1. The molecule has 0 aliphatic rings. The van der Waals surface area contributed by atoms with Gasteiger partial charge in [0.25, 0.3) is 0 Å². The van der Waals surface area contributed by atoms with Gasteiger partial charge in [-0.05, 0) is 37.6 Å². The van der Waals surface area contributed by atoms with E-state index in [0.717, 1.165) is 16.9 Å². The summed E-state index contributed by atoms with van der Waals surface area (Å²) in [4.78, 5) is 15.4. The van der Waals surface area contributed by atoms with Crippen molar-refractivity contribution in [1.82, 2.24) is 4.98 Å². The lowest BCUT2D eigenvalue weighted by atomic mass is 10.1. The third-order valence-corrected chi connectivity index (χ3v) is 3.13. The number of amides is 1. The number of primary amides is 1. The smallest absolute Gasteiger partial charge is 0.248 e. The lowest BCUT2D eigenvalue weighted by Gasteiger charge is -2.11. The van der Waals surface area contributed by atoms with Crippen molar-refractivity contribution < 1.29 is 4.79 Å². The van der Waals surface area contributed by atoms with Crippen LogP contribution in [0.1, 0.15) is 32.9 Å². The van der Waals surface area contributed by atoms with Crippen molar-refractivity contribution in [2.24, 2.45) is 5.73 Å². The Balaban J connectivity index is 2.23. The van der Waals surface area contributed by atoms with E-state index in [4.69, 9.17) is 5.73 Å². The minimum Gasteiger partial charge on any atom is -0.380 e. The highest BCUT2D eigenvalue weighted by molar-refractivity contribution is 5.92. The average molecular weight is 280 g/mol. The Labute approximate surface area is 123 Å². The number of nitrogens with two attached hydrogens (primary N) is 1. The van der Waals surface area contributed by atoms with Gasteiger partial charge in [0.05, 0.1) is 16.9 Å². The molecular formula is C16H16N4O. The van der Waals surface area contributed by atoms with Crippen LogP contribution in [0.15, 0.2) is 30.3 Å². The number of nitrogens with one attached hydrogen (secondary N) is 1. The molecular weight excluding hydrogens is 264 g/mol. The van der Waals surface area contributed by atoms with Gasteiger partial charge in [0, 0.05) is 17.8 Å². The number of benzene rings is 1. The van der Waals surface area contributed by atoms with Crippen LogP contribution in [0.3, 0.4) is 0 Å². The van der Waals surface area contributed by atoms with Gasteiger partial charge in [0.2, 0.25) is 5.91 Å². The second-order valence-corrected chi connectivity index (χ2v) is 4.80. The molecule has 1 aromatic carbocycles. The third-order valence-electron chi connectivity index (χ3n) is 3.13. The maximum Gasteiger partial charge on any atom is 0.248 e. The number of carbonyl (C=O) groups excluding carboxylic acids is 1. The summed E-state index contributed by atoms with van der Waals surface area (Å²) in [5.41, 5.74) is 9.48. The number of aryl methyl sites for hydroxylation is 2. The number of hydrogen-bond acceptors (Lipinski definition) is 4. The van der Waals surface area contributed by atoms with Gasteiger partial charge in [-0.15, -0.1) is 0 Å². The Morgan fingerprint density at radius 1 is 1.38 bits per heavy atom. The van der Waals surface area contributed by atoms with Crippen LogP contribution in [-0.2, 0) is 6.54 Å². The molecule has 0 bridgehead atoms. The van der Waals surface area contributed by atoms with Crippen molar-refractivity contribution >= 4 is 11.6 Å². The van der Waals surface area contributed by atoms with Crippen LogP contribution in [0.25, 0.3) is 0 Å². The number of carbonyl (C=O) groups is 1. The molecule has 1 aromatic heterocycles. The molecule has 0 saturated heterocycles. The van der Waals surface area contributed by atoms with E-state index in [1.54, 1.807) is 18.2 Å². The summed E-state index contributed by atoms with van der Waals surface area (Å²) in [7, 11) is 0. The standard InChI is InChI=1S/C16H16N4O/c1-10-6-15(14(8-17)11(2)20-10)19-9-12-4-3-5-13(7-12)16(18)21/h3-7H,9H2,1-2H3,(H2,18,21)(H,19,20). The van der Waals surface area contributed by atoms with E-state index in [0.29, 0.717) is 23.4 Å². The number of anilines is 1. The molecule has 5 nitrogen and oxygen atoms in total. The molecule has 1 amide bonds. The summed E-state index contributed by atoms with van der Waals surface area (Å²) in [5, 5.41) is 12.4. The number of nitrogens with zero attached hydrogens (tertiary/aromatic N) is 2. The summed E-state index contributed by atoms with van der Waals surface area (Å²) in [6.07, 6.45) is 0. The minimum atomic E-state index is -0.454. The summed E-state index contributed by atoms with van der Waals surface area (Å²) in [5.74, 6) is -0.454. The maximum atomic E-state index is 11.2. The second kappa shape index (κ2) is 6.06. The first-order valence-electron chi connectivity index (χ1n) is 6.52. The van der Waals surface area contributed by atoms with Crippen molar-refractivity contribution in [3.8, 4) is 6.07 Å². The molecule has 0 atom stereocenters. The van der Waals surface area contributed by atoms with Crippen molar-refractivity contribution in [2.75, 3.05) is 5.32 Å². The summed E-state index contributed by atoms with van der Waals surface area (Å²) in [6.45, 7) is 4.19. The van der Waals surface area contributed by atoms with E-state index < -0.39 is 5.91 Å². The first-order chi connectivity index (χ1) is 10.0. The first kappa shape index (κ1) is 14.5. The number of pyridine rings is 1. The lowest BCUT2D eigenvalue weighted by molar-refractivity contribution is 0.1000. The summed E-state index contributed by atoms with van der Waals surface area (Å²) < 4.78 is 0. The minimum absolute atomic E-state index is 0.454. The van der Waals surface area contributed by atoms with E-state index in [9.17, 15) is 10.1 Å². The average Bonchev–Trinajstić information content (AvgIpc) is 2.45. The van der Waals surface area contributed by atoms with Gasteiger partial charge in [-0.1, -0.05) is 12.1 Å². The quantitative estimate of drug-likeness (QED) is 0.898. The molecule has 2 rings (SSSR count). The molecule has 21 heavy (non-hydrogen) atoms. The molecule has 0 aliphatic carbocycles. The molecule has 0 spiro atoms. The number of aromatic nitrogens is 1. The molecule has 0 saturated carbocycles. The molecule has 0 unspecified atom stereocenters. The van der Waals surface area contributed by atoms with Gasteiger partial charge in [-0.3, -0.25) is 9.78 Å². The van der Waals surface area contributed by atoms with Gasteiger partial charge >= 0.3 is 0 Å². The lowest BCUT2D eigenvalue weighted by Crippen LogP contribution is -2.11. The molecule has 0 fully saturated rings. The van der Waals surface area contributed by atoms with Gasteiger partial charge in [-0.25, -0.2) is 0 Å². The maximum absolute atomic E-state index is 11.2. The highest BCUT2D eigenvalue weighted by atomic mass is 16.1. The molecule has 0 aliphatic heterocycles. The summed E-state index contributed by atoms with van der Waals surface area (Å²) in [6, 6.07) is 11.1. The van der Waals surface area contributed by atoms with Gasteiger partial charge in [0.15, 0.2) is 0 Å². The zero-order chi connectivity index (χ0) is 15.4. The fraction of sp³-hybridized carbons (Fsp3) is 0.188. The molecule has 3 N–H and O–H groups in total. The first-order valence-corrected chi connectivity index (χ1v) is 6.52. The van der Waals surface area contributed by atoms with Crippen LogP contribution >= 0.6 is 0 Å². The molecule has 5 heteroatoms. The summed E-state index contributed by atoms with van der Waals surface area (Å²) >= 11 is 0. The Kier molecular flexibility index (Phi) is 4.19. The normalized spacial score (nSPS) is 9.95. The fourth-order valence-electron chi connectivity index (χ4n) is 2.14. The van der Waals surface area contributed by atoms with E-state index >= 15 is 0 Å². The van der Waals surface area contributed by atoms with Crippen molar-refractivity contribution in [2.45, 2.75) is 20.4 Å².